The van der Waals surface area contributed by atoms with Gasteiger partial charge in [0.2, 0.25) is 17.7 Å². The van der Waals surface area contributed by atoms with Crippen molar-refractivity contribution in [2.75, 3.05) is 0 Å². The smallest absolute Gasteiger partial charge is 0.230 e. The molecule has 5 rings (SSSR count). The molecule has 0 unspecified atom stereocenters. The quantitative estimate of drug-likeness (QED) is 0.495. The van der Waals surface area contributed by atoms with E-state index in [9.17, 15) is 9.18 Å². The summed E-state index contributed by atoms with van der Waals surface area (Å²) in [7, 11) is 0. The summed E-state index contributed by atoms with van der Waals surface area (Å²) in [6.07, 6.45) is 1.54. The molecule has 3 heterocycles. The van der Waals surface area contributed by atoms with Crippen molar-refractivity contribution in [2.24, 2.45) is 0 Å². The Morgan fingerprint density at radius 2 is 2.00 bits per heavy atom. The third-order valence-electron chi connectivity index (χ3n) is 4.92. The topological polar surface area (TPSA) is 118 Å². The fourth-order valence-corrected chi connectivity index (χ4v) is 4.08. The monoisotopic (exact) mass is 434 g/mol. The molecule has 31 heavy (non-hydrogen) atoms. The molecule has 0 radical (unpaired) electrons. The maximum absolute atomic E-state index is 14.1. The largest absolute Gasteiger partial charge is 0.424 e. The Morgan fingerprint density at radius 1 is 1.19 bits per heavy atom. The minimum atomic E-state index is -0.727. The summed E-state index contributed by atoms with van der Waals surface area (Å²) in [6.45, 7) is 0. The van der Waals surface area contributed by atoms with Crippen LogP contribution in [0.4, 0.5) is 4.39 Å². The van der Waals surface area contributed by atoms with Crippen LogP contribution in [0.5, 0.6) is 0 Å². The Kier molecular flexibility index (Phi) is 4.67. The molecule has 1 amide bonds. The number of carbonyl (C=O) groups excluding carboxylic acids is 1. The predicted octanol–water partition coefficient (Wildman–Crippen LogP) is 3.19. The molecule has 0 saturated heterocycles. The molecular weight excluding hydrogens is 419 g/mol. The van der Waals surface area contributed by atoms with Crippen LogP contribution in [-0.2, 0) is 17.6 Å². The first kappa shape index (κ1) is 19.3. The summed E-state index contributed by atoms with van der Waals surface area (Å²) in [5.41, 5.74) is 0.946. The summed E-state index contributed by atoms with van der Waals surface area (Å²) in [5, 5.41) is 20.3. The molecule has 0 spiro atoms. The molecular formula is C21H15FN6O2S. The van der Waals surface area contributed by atoms with E-state index in [1.54, 1.807) is 30.3 Å². The first-order valence-electron chi connectivity index (χ1n) is 9.58. The van der Waals surface area contributed by atoms with Gasteiger partial charge in [-0.05, 0) is 37.1 Å². The first-order valence-corrected chi connectivity index (χ1v) is 10.4. The van der Waals surface area contributed by atoms with Gasteiger partial charge < -0.3 is 9.73 Å². The maximum Gasteiger partial charge on any atom is 0.230 e. The molecule has 0 bridgehead atoms. The van der Waals surface area contributed by atoms with E-state index in [4.69, 9.17) is 9.68 Å². The zero-order valence-corrected chi connectivity index (χ0v) is 16.9. The molecule has 1 aliphatic rings. The SMILES string of the molecule is N#CC1(NC(=O)Cc2nnc(Cc3nc4ccc(-c5ccccc5F)nc4s3)o2)CC1. The molecule has 10 heteroatoms. The number of carbonyl (C=O) groups is 1. The summed E-state index contributed by atoms with van der Waals surface area (Å²) in [5.74, 6) is -0.136. The lowest BCUT2D eigenvalue weighted by Gasteiger charge is -2.06. The number of nitrogens with zero attached hydrogens (tertiary/aromatic N) is 5. The molecule has 1 N–H and O–H groups in total. The van der Waals surface area contributed by atoms with Crippen LogP contribution in [0.1, 0.15) is 29.6 Å². The van der Waals surface area contributed by atoms with Crippen molar-refractivity contribution in [1.29, 1.82) is 5.26 Å². The van der Waals surface area contributed by atoms with Crippen LogP contribution in [0, 0.1) is 17.1 Å². The van der Waals surface area contributed by atoms with Crippen molar-refractivity contribution in [3.05, 3.63) is 59.0 Å². The lowest BCUT2D eigenvalue weighted by atomic mass is 10.1. The molecule has 3 aromatic heterocycles. The molecule has 8 nitrogen and oxygen atoms in total. The highest BCUT2D eigenvalue weighted by atomic mass is 32.1. The lowest BCUT2D eigenvalue weighted by molar-refractivity contribution is -0.121. The molecule has 1 saturated carbocycles. The maximum atomic E-state index is 14.1. The third kappa shape index (κ3) is 4.00. The molecule has 1 fully saturated rings. The van der Waals surface area contributed by atoms with E-state index in [-0.39, 0.29) is 24.0 Å². The normalized spacial score (nSPS) is 14.3. The number of rotatable bonds is 6. The van der Waals surface area contributed by atoms with Crippen LogP contribution in [-0.4, -0.2) is 31.6 Å². The predicted molar refractivity (Wildman–Crippen MR) is 109 cm³/mol. The van der Waals surface area contributed by atoms with Gasteiger partial charge in [-0.1, -0.05) is 23.5 Å². The number of nitrogens with one attached hydrogen (secondary N) is 1. The van der Waals surface area contributed by atoms with E-state index in [1.807, 2.05) is 0 Å². The van der Waals surface area contributed by atoms with E-state index in [0.29, 0.717) is 51.8 Å². The average Bonchev–Trinajstić information content (AvgIpc) is 3.20. The van der Waals surface area contributed by atoms with E-state index in [2.05, 4.69) is 31.6 Å². The van der Waals surface area contributed by atoms with E-state index in [0.717, 1.165) is 0 Å². The van der Waals surface area contributed by atoms with Gasteiger partial charge in [0.15, 0.2) is 0 Å². The fraction of sp³-hybridized carbons (Fsp3) is 0.238. The minimum absolute atomic E-state index is 0.0795. The first-order chi connectivity index (χ1) is 15.0. The van der Waals surface area contributed by atoms with Gasteiger partial charge >= 0.3 is 0 Å². The Balaban J connectivity index is 1.29. The third-order valence-corrected chi connectivity index (χ3v) is 5.88. The number of thiazole rings is 1. The summed E-state index contributed by atoms with van der Waals surface area (Å²) >= 11 is 1.36. The molecule has 0 aliphatic heterocycles. The number of nitriles is 1. The number of pyridine rings is 1. The number of amides is 1. The fourth-order valence-electron chi connectivity index (χ4n) is 3.16. The van der Waals surface area contributed by atoms with Gasteiger partial charge in [-0.3, -0.25) is 4.79 Å². The van der Waals surface area contributed by atoms with Crippen molar-refractivity contribution in [3.63, 3.8) is 0 Å². The summed E-state index contributed by atoms with van der Waals surface area (Å²) in [4.78, 5) is 21.8. The molecule has 4 aromatic rings. The highest BCUT2D eigenvalue weighted by Crippen LogP contribution is 2.34. The molecule has 1 aromatic carbocycles. The molecule has 0 atom stereocenters. The zero-order chi connectivity index (χ0) is 21.4. The number of benzene rings is 1. The van der Waals surface area contributed by atoms with Crippen LogP contribution < -0.4 is 5.32 Å². The van der Waals surface area contributed by atoms with Gasteiger partial charge in [0.25, 0.3) is 0 Å². The second kappa shape index (κ2) is 7.52. The standard InChI is InChI=1S/C21H15FN6O2S/c22-13-4-2-1-3-12(13)14-5-6-15-20(25-14)31-19(24-15)10-18-28-27-17(30-18)9-16(29)26-21(11-23)7-8-21/h1-6H,7-10H2,(H,26,29). The van der Waals surface area contributed by atoms with Crippen LogP contribution in [0.3, 0.4) is 0 Å². The van der Waals surface area contributed by atoms with Crippen molar-refractivity contribution in [1.82, 2.24) is 25.5 Å². The lowest BCUT2D eigenvalue weighted by Crippen LogP contribution is -2.36. The second-order valence-electron chi connectivity index (χ2n) is 7.29. The highest BCUT2D eigenvalue weighted by Gasteiger charge is 2.44. The van der Waals surface area contributed by atoms with E-state index < -0.39 is 5.54 Å². The van der Waals surface area contributed by atoms with Crippen molar-refractivity contribution >= 4 is 27.6 Å². The van der Waals surface area contributed by atoms with Gasteiger partial charge in [-0.25, -0.2) is 14.4 Å². The Hall–Kier alpha value is -3.71. The summed E-state index contributed by atoms with van der Waals surface area (Å²) in [6, 6.07) is 12.1. The van der Waals surface area contributed by atoms with Crippen molar-refractivity contribution < 1.29 is 13.6 Å². The van der Waals surface area contributed by atoms with Crippen molar-refractivity contribution in [2.45, 2.75) is 31.2 Å². The molecule has 1 aliphatic carbocycles. The number of fused-ring (bicyclic) bond motifs is 1. The Labute approximate surface area is 179 Å². The average molecular weight is 434 g/mol. The van der Waals surface area contributed by atoms with Gasteiger partial charge in [0.05, 0.1) is 18.2 Å². The number of hydrogen-bond donors (Lipinski definition) is 1. The summed E-state index contributed by atoms with van der Waals surface area (Å²) < 4.78 is 19.6. The number of aromatic nitrogens is 4. The van der Waals surface area contributed by atoms with Crippen LogP contribution in [0.15, 0.2) is 40.8 Å². The minimum Gasteiger partial charge on any atom is -0.424 e. The van der Waals surface area contributed by atoms with E-state index in [1.165, 1.54) is 17.4 Å². The van der Waals surface area contributed by atoms with Gasteiger partial charge in [-0.15, -0.1) is 10.2 Å². The Bertz CT molecular complexity index is 1340. The van der Waals surface area contributed by atoms with Gasteiger partial charge in [-0.2, -0.15) is 5.26 Å². The Morgan fingerprint density at radius 3 is 2.77 bits per heavy atom. The zero-order valence-electron chi connectivity index (χ0n) is 16.1. The molecule has 154 valence electrons. The van der Waals surface area contributed by atoms with Gasteiger partial charge in [0, 0.05) is 5.56 Å². The van der Waals surface area contributed by atoms with Crippen LogP contribution >= 0.6 is 11.3 Å². The second-order valence-corrected chi connectivity index (χ2v) is 8.36. The van der Waals surface area contributed by atoms with E-state index >= 15 is 0 Å². The number of hydrogen-bond acceptors (Lipinski definition) is 8. The van der Waals surface area contributed by atoms with Gasteiger partial charge in [0.1, 0.15) is 33.1 Å². The number of halogens is 1. The highest BCUT2D eigenvalue weighted by molar-refractivity contribution is 7.18. The van der Waals surface area contributed by atoms with Crippen LogP contribution in [0.2, 0.25) is 0 Å². The van der Waals surface area contributed by atoms with Crippen LogP contribution in [0.25, 0.3) is 21.6 Å². The van der Waals surface area contributed by atoms with Crippen molar-refractivity contribution in [3.8, 4) is 17.3 Å².